The topological polar surface area (TPSA) is 94.8 Å². The van der Waals surface area contributed by atoms with Gasteiger partial charge < -0.3 is 5.73 Å². The van der Waals surface area contributed by atoms with Crippen molar-refractivity contribution >= 4 is 5.82 Å². The quantitative estimate of drug-likeness (QED) is 0.295. The molecule has 0 spiro atoms. The van der Waals surface area contributed by atoms with Crippen molar-refractivity contribution < 1.29 is 0 Å². The maximum atomic E-state index is 5.55. The van der Waals surface area contributed by atoms with Gasteiger partial charge in [-0.1, -0.05) is 6.08 Å². The van der Waals surface area contributed by atoms with Gasteiger partial charge in [-0.05, 0) is 5.21 Å². The smallest absolute Gasteiger partial charge is 0.170 e. The van der Waals surface area contributed by atoms with E-state index < -0.39 is 0 Å². The highest BCUT2D eigenvalue weighted by atomic mass is 15.7. The van der Waals surface area contributed by atoms with Gasteiger partial charge in [0.1, 0.15) is 5.69 Å². The van der Waals surface area contributed by atoms with Crippen molar-refractivity contribution in [3.05, 3.63) is 18.3 Å². The number of nitrogens with zero attached hydrogens (tertiary/aromatic N) is 3. The zero-order chi connectivity index (χ0) is 8.27. The second-order valence-electron chi connectivity index (χ2n) is 1.96. The first-order valence-electron chi connectivity index (χ1n) is 3.07. The molecule has 1 aromatic rings. The Balaban J connectivity index is 2.90. The van der Waals surface area contributed by atoms with Crippen molar-refractivity contribution in [2.75, 3.05) is 11.3 Å². The second-order valence-corrected chi connectivity index (χ2v) is 1.96. The van der Waals surface area contributed by atoms with E-state index in [4.69, 9.17) is 11.6 Å². The van der Waals surface area contributed by atoms with Crippen molar-refractivity contribution in [1.82, 2.24) is 15.1 Å². The first kappa shape index (κ1) is 7.55. The van der Waals surface area contributed by atoms with Gasteiger partial charge in [0.15, 0.2) is 5.82 Å². The monoisotopic (exact) mass is 154 g/mol. The molecule has 6 heteroatoms. The van der Waals surface area contributed by atoms with E-state index in [-0.39, 0.29) is 0 Å². The predicted octanol–water partition coefficient (Wildman–Crippen LogP) is -0.994. The normalized spacial score (nSPS) is 9.55. The largest absolute Gasteiger partial charge is 0.381 e. The third-order valence-corrected chi connectivity index (χ3v) is 1.24. The van der Waals surface area contributed by atoms with Crippen LogP contribution < -0.4 is 17.1 Å². The Hall–Kier alpha value is -1.56. The first-order chi connectivity index (χ1) is 5.29. The van der Waals surface area contributed by atoms with E-state index in [9.17, 15) is 0 Å². The maximum absolute atomic E-state index is 5.55. The molecule has 5 N–H and O–H groups in total. The van der Waals surface area contributed by atoms with E-state index in [2.05, 4.69) is 22.4 Å². The molecule has 0 aliphatic rings. The minimum Gasteiger partial charge on any atom is -0.381 e. The van der Waals surface area contributed by atoms with Crippen molar-refractivity contribution in [1.29, 1.82) is 0 Å². The van der Waals surface area contributed by atoms with E-state index in [0.29, 0.717) is 17.9 Å². The highest BCUT2D eigenvalue weighted by Crippen LogP contribution is 2.05. The minimum absolute atomic E-state index is 0.410. The van der Waals surface area contributed by atoms with Crippen LogP contribution in [0.15, 0.2) is 12.7 Å². The van der Waals surface area contributed by atoms with Crippen molar-refractivity contribution in [2.45, 2.75) is 6.42 Å². The molecule has 0 saturated heterocycles. The summed E-state index contributed by atoms with van der Waals surface area (Å²) in [6, 6.07) is 0. The number of anilines is 1. The highest BCUT2D eigenvalue weighted by Gasteiger charge is 2.05. The van der Waals surface area contributed by atoms with Crippen LogP contribution in [0.2, 0.25) is 0 Å². The average Bonchev–Trinajstić information content (AvgIpc) is 2.34. The van der Waals surface area contributed by atoms with Crippen LogP contribution in [0.5, 0.6) is 0 Å². The van der Waals surface area contributed by atoms with Crippen LogP contribution in [-0.4, -0.2) is 15.1 Å². The molecule has 6 nitrogen and oxygen atoms in total. The van der Waals surface area contributed by atoms with Crippen LogP contribution >= 0.6 is 0 Å². The van der Waals surface area contributed by atoms with E-state index in [1.54, 1.807) is 6.08 Å². The van der Waals surface area contributed by atoms with E-state index in [1.165, 1.54) is 4.79 Å². The number of aromatic nitrogens is 3. The van der Waals surface area contributed by atoms with E-state index >= 15 is 0 Å². The molecule has 0 atom stereocenters. The van der Waals surface area contributed by atoms with Crippen molar-refractivity contribution in [3.63, 3.8) is 0 Å². The second kappa shape index (κ2) is 3.02. The highest BCUT2D eigenvalue weighted by molar-refractivity contribution is 5.35. The summed E-state index contributed by atoms with van der Waals surface area (Å²) in [6.07, 6.45) is 2.29. The van der Waals surface area contributed by atoms with E-state index in [0.717, 1.165) is 0 Å². The zero-order valence-corrected chi connectivity index (χ0v) is 5.99. The fourth-order valence-corrected chi connectivity index (χ4v) is 0.698. The molecule has 0 bridgehead atoms. The Morgan fingerprint density at radius 3 is 2.91 bits per heavy atom. The number of rotatable bonds is 3. The van der Waals surface area contributed by atoms with Crippen LogP contribution in [0.3, 0.4) is 0 Å². The van der Waals surface area contributed by atoms with Gasteiger partial charge in [0.05, 0.1) is 0 Å². The number of nitrogens with two attached hydrogens (primary N) is 2. The molecule has 1 heterocycles. The molecule has 60 valence electrons. The standard InChI is InChI=1S/C5H10N6/c1-2-3-4-5(6)11(9-7)10-8-4/h2,9H,1,3,6-7H2. The molecule has 1 aromatic heterocycles. The van der Waals surface area contributed by atoms with E-state index in [1.807, 2.05) is 0 Å². The molecule has 0 saturated carbocycles. The Labute approximate surface area is 63.8 Å². The van der Waals surface area contributed by atoms with Crippen LogP contribution in [0.4, 0.5) is 5.82 Å². The number of hydrogen-bond donors (Lipinski definition) is 3. The third kappa shape index (κ3) is 1.30. The molecule has 0 aliphatic heterocycles. The van der Waals surface area contributed by atoms with Crippen LogP contribution in [0.25, 0.3) is 0 Å². The summed E-state index contributed by atoms with van der Waals surface area (Å²) in [7, 11) is 0. The Morgan fingerprint density at radius 1 is 1.73 bits per heavy atom. The van der Waals surface area contributed by atoms with Gasteiger partial charge in [0.25, 0.3) is 0 Å². The molecule has 0 aromatic carbocycles. The fourth-order valence-electron chi connectivity index (χ4n) is 0.698. The van der Waals surface area contributed by atoms with Gasteiger partial charge in [-0.3, -0.25) is 0 Å². The lowest BCUT2D eigenvalue weighted by atomic mass is 10.3. The lowest BCUT2D eigenvalue weighted by Gasteiger charge is -1.98. The number of nitrogens with one attached hydrogen (secondary N) is 1. The number of hydrogen-bond acceptors (Lipinski definition) is 5. The summed E-state index contributed by atoms with van der Waals surface area (Å²) >= 11 is 0. The summed E-state index contributed by atoms with van der Waals surface area (Å²) in [4.78, 5) is 1.19. The number of allylic oxidation sites excluding steroid dienone is 1. The molecular weight excluding hydrogens is 144 g/mol. The van der Waals surface area contributed by atoms with Gasteiger partial charge in [-0.25, -0.2) is 11.4 Å². The maximum Gasteiger partial charge on any atom is 0.170 e. The van der Waals surface area contributed by atoms with Crippen molar-refractivity contribution in [2.24, 2.45) is 5.84 Å². The molecule has 0 unspecified atom stereocenters. The van der Waals surface area contributed by atoms with Gasteiger partial charge in [-0.15, -0.1) is 16.5 Å². The van der Waals surface area contributed by atoms with Crippen LogP contribution in [0.1, 0.15) is 5.69 Å². The average molecular weight is 154 g/mol. The third-order valence-electron chi connectivity index (χ3n) is 1.24. The molecule has 0 fully saturated rings. The van der Waals surface area contributed by atoms with Crippen LogP contribution in [-0.2, 0) is 6.42 Å². The molecule has 0 radical (unpaired) electrons. The SMILES string of the molecule is C=CCc1nnn(NN)c1N. The summed E-state index contributed by atoms with van der Waals surface area (Å²) in [5.74, 6) is 5.47. The molecule has 11 heavy (non-hydrogen) atoms. The van der Waals surface area contributed by atoms with Gasteiger partial charge in [0.2, 0.25) is 0 Å². The zero-order valence-electron chi connectivity index (χ0n) is 5.99. The molecular formula is C5H10N6. The fraction of sp³-hybridized carbons (Fsp3) is 0.200. The summed E-state index contributed by atoms with van der Waals surface area (Å²) < 4.78 is 0. The lowest BCUT2D eigenvalue weighted by molar-refractivity contribution is 0.712. The van der Waals surface area contributed by atoms with Crippen molar-refractivity contribution in [3.8, 4) is 0 Å². The summed E-state index contributed by atoms with van der Waals surface area (Å²) in [5, 5.41) is 7.36. The lowest BCUT2D eigenvalue weighted by Crippen LogP contribution is -2.24. The summed E-state index contributed by atoms with van der Waals surface area (Å²) in [5.41, 5.74) is 8.47. The Bertz CT molecular complexity index is 251. The van der Waals surface area contributed by atoms with Gasteiger partial charge in [-0.2, -0.15) is 0 Å². The molecule has 0 amide bonds. The molecule has 1 rings (SSSR count). The number of nitrogen functional groups attached to an aromatic ring is 2. The minimum atomic E-state index is 0.410. The number of hydrazine groups is 1. The Kier molecular flexibility index (Phi) is 2.07. The van der Waals surface area contributed by atoms with Crippen LogP contribution in [0, 0.1) is 0 Å². The summed E-state index contributed by atoms with van der Waals surface area (Å²) in [6.45, 7) is 3.55. The first-order valence-corrected chi connectivity index (χ1v) is 3.07. The van der Waals surface area contributed by atoms with Gasteiger partial charge in [0, 0.05) is 6.42 Å². The van der Waals surface area contributed by atoms with Gasteiger partial charge >= 0.3 is 0 Å². The molecule has 0 aliphatic carbocycles. The predicted molar refractivity (Wildman–Crippen MR) is 41.9 cm³/mol. The Morgan fingerprint density at radius 2 is 2.45 bits per heavy atom.